The second-order valence-corrected chi connectivity index (χ2v) is 10.3. The summed E-state index contributed by atoms with van der Waals surface area (Å²) in [6.45, 7) is 8.13. The summed E-state index contributed by atoms with van der Waals surface area (Å²) in [5.74, 6) is -1.50. The van der Waals surface area contributed by atoms with Crippen molar-refractivity contribution in [3.8, 4) is 11.1 Å². The number of benzene rings is 2. The minimum Gasteiger partial charge on any atom is -0.481 e. The molecule has 1 unspecified atom stereocenters. The van der Waals surface area contributed by atoms with Crippen LogP contribution in [0.1, 0.15) is 51.2 Å². The number of hydrogen-bond donors (Lipinski definition) is 2. The van der Waals surface area contributed by atoms with Crippen LogP contribution in [0.5, 0.6) is 0 Å². The van der Waals surface area contributed by atoms with Crippen molar-refractivity contribution in [3.63, 3.8) is 0 Å². The first-order chi connectivity index (χ1) is 16.7. The van der Waals surface area contributed by atoms with Gasteiger partial charge in [0, 0.05) is 19.0 Å². The Labute approximate surface area is 206 Å². The van der Waals surface area contributed by atoms with Crippen molar-refractivity contribution in [3.05, 3.63) is 59.7 Å². The van der Waals surface area contributed by atoms with Crippen molar-refractivity contribution in [2.24, 2.45) is 17.3 Å². The molecule has 1 saturated heterocycles. The summed E-state index contributed by atoms with van der Waals surface area (Å²) < 4.78 is 5.64. The van der Waals surface area contributed by atoms with Crippen molar-refractivity contribution >= 4 is 18.0 Å². The van der Waals surface area contributed by atoms with Crippen LogP contribution < -0.4 is 5.32 Å². The fourth-order valence-electron chi connectivity index (χ4n) is 5.39. The average Bonchev–Trinajstić information content (AvgIpc) is 3.42. The highest BCUT2D eigenvalue weighted by Gasteiger charge is 2.49. The maximum Gasteiger partial charge on any atom is 0.407 e. The molecule has 0 saturated carbocycles. The zero-order chi connectivity index (χ0) is 25.3. The molecule has 4 rings (SSSR count). The monoisotopic (exact) mass is 478 g/mol. The molecule has 2 amide bonds. The van der Waals surface area contributed by atoms with Crippen LogP contribution in [-0.2, 0) is 14.3 Å². The fraction of sp³-hybridized carbons (Fsp3) is 0.464. The van der Waals surface area contributed by atoms with Gasteiger partial charge < -0.3 is 20.1 Å². The molecule has 2 atom stereocenters. The maximum atomic E-state index is 13.3. The van der Waals surface area contributed by atoms with Crippen LogP contribution >= 0.6 is 0 Å². The SMILES string of the molecule is CC(C)[C@H](NC(=O)OCC1c2ccccc2-c2ccccc21)C(=O)N1CCC(C(=O)O)(C(C)C)C1. The lowest BCUT2D eigenvalue weighted by molar-refractivity contribution is -0.151. The van der Waals surface area contributed by atoms with Gasteiger partial charge in [-0.1, -0.05) is 76.2 Å². The first-order valence-electron chi connectivity index (χ1n) is 12.3. The number of likely N-dealkylation sites (tertiary alicyclic amines) is 1. The maximum absolute atomic E-state index is 13.3. The van der Waals surface area contributed by atoms with E-state index in [-0.39, 0.29) is 36.8 Å². The Kier molecular flexibility index (Phi) is 6.88. The minimum atomic E-state index is -0.957. The van der Waals surface area contributed by atoms with Crippen LogP contribution in [0.4, 0.5) is 4.79 Å². The molecule has 1 aliphatic carbocycles. The van der Waals surface area contributed by atoms with Gasteiger partial charge in [0.25, 0.3) is 0 Å². The highest BCUT2D eigenvalue weighted by molar-refractivity contribution is 5.87. The highest BCUT2D eigenvalue weighted by Crippen LogP contribution is 2.44. The van der Waals surface area contributed by atoms with Gasteiger partial charge in [-0.05, 0) is 40.5 Å². The second-order valence-electron chi connectivity index (χ2n) is 10.3. The van der Waals surface area contributed by atoms with Crippen molar-refractivity contribution in [1.82, 2.24) is 10.2 Å². The fourth-order valence-corrected chi connectivity index (χ4v) is 5.39. The van der Waals surface area contributed by atoms with Crippen LogP contribution in [0.3, 0.4) is 0 Å². The Morgan fingerprint density at radius 3 is 2.09 bits per heavy atom. The number of alkyl carbamates (subject to hydrolysis) is 1. The molecule has 2 N–H and O–H groups in total. The normalized spacial score (nSPS) is 20.0. The molecular weight excluding hydrogens is 444 g/mol. The molecule has 2 aromatic rings. The van der Waals surface area contributed by atoms with Crippen molar-refractivity contribution in [2.75, 3.05) is 19.7 Å². The molecular formula is C28H34N2O5. The standard InChI is InChI=1S/C28H34N2O5/c1-17(2)24(25(31)30-14-13-28(16-30,18(3)4)26(32)33)29-27(34)35-15-23-21-11-7-5-9-19(21)20-10-6-8-12-22(20)23/h5-12,17-18,23-24H,13-16H2,1-4H3,(H,29,34)(H,32,33)/t24-,28?/m0/s1. The summed E-state index contributed by atoms with van der Waals surface area (Å²) in [6.07, 6.45) is -0.243. The summed E-state index contributed by atoms with van der Waals surface area (Å²) in [5.41, 5.74) is 3.57. The molecule has 2 aromatic carbocycles. The number of carboxylic acids is 1. The smallest absolute Gasteiger partial charge is 0.407 e. The van der Waals surface area contributed by atoms with E-state index in [2.05, 4.69) is 29.6 Å². The second kappa shape index (κ2) is 9.72. The molecule has 0 bridgehead atoms. The van der Waals surface area contributed by atoms with E-state index in [1.54, 1.807) is 4.90 Å². The first kappa shape index (κ1) is 24.8. The summed E-state index contributed by atoms with van der Waals surface area (Å²) in [7, 11) is 0. The highest BCUT2D eigenvalue weighted by atomic mass is 16.5. The largest absolute Gasteiger partial charge is 0.481 e. The summed E-state index contributed by atoms with van der Waals surface area (Å²) in [5, 5.41) is 12.6. The lowest BCUT2D eigenvalue weighted by Gasteiger charge is -2.30. The molecule has 35 heavy (non-hydrogen) atoms. The van der Waals surface area contributed by atoms with Crippen molar-refractivity contribution < 1.29 is 24.2 Å². The van der Waals surface area contributed by atoms with Gasteiger partial charge in [-0.2, -0.15) is 0 Å². The van der Waals surface area contributed by atoms with E-state index in [0.717, 1.165) is 22.3 Å². The van der Waals surface area contributed by atoms with E-state index in [4.69, 9.17) is 4.74 Å². The number of hydrogen-bond acceptors (Lipinski definition) is 4. The number of carbonyl (C=O) groups excluding carboxylic acids is 2. The molecule has 1 fully saturated rings. The minimum absolute atomic E-state index is 0.0674. The summed E-state index contributed by atoms with van der Waals surface area (Å²) >= 11 is 0. The van der Waals surface area contributed by atoms with Crippen LogP contribution in [-0.4, -0.2) is 53.7 Å². The average molecular weight is 479 g/mol. The van der Waals surface area contributed by atoms with Gasteiger partial charge >= 0.3 is 12.1 Å². The Morgan fingerprint density at radius 1 is 1.03 bits per heavy atom. The quantitative estimate of drug-likeness (QED) is 0.611. The molecule has 7 nitrogen and oxygen atoms in total. The van der Waals surface area contributed by atoms with Crippen molar-refractivity contribution in [2.45, 2.75) is 46.1 Å². The first-order valence-corrected chi connectivity index (χ1v) is 12.3. The Bertz CT molecular complexity index is 1080. The molecule has 0 spiro atoms. The van der Waals surface area contributed by atoms with Crippen LogP contribution in [0.25, 0.3) is 11.1 Å². The number of carboxylic acid groups (broad SMARTS) is 1. The molecule has 0 aromatic heterocycles. The molecule has 1 heterocycles. The molecule has 1 aliphatic heterocycles. The topological polar surface area (TPSA) is 95.9 Å². The van der Waals surface area contributed by atoms with E-state index >= 15 is 0 Å². The molecule has 0 radical (unpaired) electrons. The number of carbonyl (C=O) groups is 3. The third-order valence-electron chi connectivity index (χ3n) is 7.69. The number of ether oxygens (including phenoxy) is 1. The molecule has 186 valence electrons. The number of amides is 2. The van der Waals surface area contributed by atoms with Gasteiger partial charge in [-0.3, -0.25) is 9.59 Å². The zero-order valence-electron chi connectivity index (χ0n) is 20.8. The Hall–Kier alpha value is -3.35. The van der Waals surface area contributed by atoms with E-state index in [9.17, 15) is 19.5 Å². The van der Waals surface area contributed by atoms with Crippen LogP contribution in [0.2, 0.25) is 0 Å². The predicted octanol–water partition coefficient (Wildman–Crippen LogP) is 4.51. The van der Waals surface area contributed by atoms with Gasteiger partial charge in [0.05, 0.1) is 5.41 Å². The zero-order valence-corrected chi connectivity index (χ0v) is 20.8. The Morgan fingerprint density at radius 2 is 1.60 bits per heavy atom. The summed E-state index contributed by atoms with van der Waals surface area (Å²) in [4.78, 5) is 39.7. The number of nitrogens with zero attached hydrogens (tertiary/aromatic N) is 1. The van der Waals surface area contributed by atoms with Gasteiger partial charge in [-0.25, -0.2) is 4.79 Å². The number of fused-ring (bicyclic) bond motifs is 3. The van der Waals surface area contributed by atoms with Crippen LogP contribution in [0.15, 0.2) is 48.5 Å². The lowest BCUT2D eigenvalue weighted by atomic mass is 9.76. The van der Waals surface area contributed by atoms with E-state index in [0.29, 0.717) is 13.0 Å². The van der Waals surface area contributed by atoms with Gasteiger partial charge in [0.2, 0.25) is 5.91 Å². The number of rotatable bonds is 7. The molecule has 2 aliphatic rings. The Balaban J connectivity index is 1.42. The molecule has 7 heteroatoms. The number of nitrogens with one attached hydrogen (secondary N) is 1. The van der Waals surface area contributed by atoms with Gasteiger partial charge in [-0.15, -0.1) is 0 Å². The van der Waals surface area contributed by atoms with Gasteiger partial charge in [0.15, 0.2) is 0 Å². The third-order valence-corrected chi connectivity index (χ3v) is 7.69. The number of aliphatic carboxylic acids is 1. The van der Waals surface area contributed by atoms with E-state index in [1.165, 1.54) is 0 Å². The third kappa shape index (κ3) is 4.51. The summed E-state index contributed by atoms with van der Waals surface area (Å²) in [6, 6.07) is 15.4. The predicted molar refractivity (Wildman–Crippen MR) is 133 cm³/mol. The van der Waals surface area contributed by atoms with E-state index in [1.807, 2.05) is 52.0 Å². The van der Waals surface area contributed by atoms with E-state index < -0.39 is 23.5 Å². The van der Waals surface area contributed by atoms with Crippen LogP contribution in [0, 0.1) is 17.3 Å². The van der Waals surface area contributed by atoms with Crippen molar-refractivity contribution in [1.29, 1.82) is 0 Å². The lowest BCUT2D eigenvalue weighted by Crippen LogP contribution is -2.52. The van der Waals surface area contributed by atoms with Gasteiger partial charge in [0.1, 0.15) is 12.6 Å².